The van der Waals surface area contributed by atoms with Gasteiger partial charge in [-0.25, -0.2) is 0 Å². The lowest BCUT2D eigenvalue weighted by Gasteiger charge is -2.37. The number of carbonyl (C=O) groups excluding carboxylic acids is 3. The van der Waals surface area contributed by atoms with Crippen molar-refractivity contribution in [3.8, 4) is 0 Å². The molecule has 1 rings (SSSR count). The number of amides is 3. The van der Waals surface area contributed by atoms with Gasteiger partial charge >= 0.3 is 0 Å². The zero-order valence-electron chi connectivity index (χ0n) is 12.5. The highest BCUT2D eigenvalue weighted by Crippen LogP contribution is 2.14. The number of hydrogen-bond donors (Lipinski definition) is 1. The summed E-state index contributed by atoms with van der Waals surface area (Å²) in [6.07, 6.45) is 8.38. The third-order valence-corrected chi connectivity index (χ3v) is 3.43. The molecule has 1 saturated heterocycles. The minimum Gasteiger partial charge on any atom is -0.343 e. The number of nitrogens with zero attached hydrogens (tertiary/aromatic N) is 1. The van der Waals surface area contributed by atoms with E-state index in [4.69, 9.17) is 0 Å². The van der Waals surface area contributed by atoms with Gasteiger partial charge in [-0.3, -0.25) is 19.3 Å². The number of β-lactam (4-membered cyclic amide) rings is 1. The van der Waals surface area contributed by atoms with Gasteiger partial charge in [0.1, 0.15) is 6.04 Å². The molecular formula is C16H24N2O3. The molecular weight excluding hydrogens is 268 g/mol. The second kappa shape index (κ2) is 9.10. The van der Waals surface area contributed by atoms with Crippen molar-refractivity contribution in [1.29, 1.82) is 0 Å². The molecule has 5 nitrogen and oxygen atoms in total. The van der Waals surface area contributed by atoms with E-state index in [0.29, 0.717) is 25.8 Å². The fraction of sp³-hybridized carbons (Fsp3) is 0.562. The molecule has 0 aromatic carbocycles. The van der Waals surface area contributed by atoms with Crippen LogP contribution in [0.3, 0.4) is 0 Å². The smallest absolute Gasteiger partial charge is 0.253 e. The van der Waals surface area contributed by atoms with Crippen LogP contribution in [0.2, 0.25) is 0 Å². The molecule has 0 bridgehead atoms. The van der Waals surface area contributed by atoms with E-state index in [0.717, 1.165) is 25.7 Å². The third kappa shape index (κ3) is 5.53. The van der Waals surface area contributed by atoms with Crippen LogP contribution < -0.4 is 5.32 Å². The van der Waals surface area contributed by atoms with Crippen molar-refractivity contribution in [3.05, 3.63) is 25.3 Å². The molecule has 1 aliphatic heterocycles. The number of hydrogen-bond acceptors (Lipinski definition) is 3. The highest BCUT2D eigenvalue weighted by molar-refractivity contribution is 6.04. The molecule has 0 unspecified atom stereocenters. The molecule has 1 atom stereocenters. The van der Waals surface area contributed by atoms with E-state index < -0.39 is 6.04 Å². The van der Waals surface area contributed by atoms with Crippen molar-refractivity contribution in [2.24, 2.45) is 0 Å². The zero-order valence-corrected chi connectivity index (χ0v) is 12.5. The Morgan fingerprint density at radius 3 is 2.43 bits per heavy atom. The first-order valence-corrected chi connectivity index (χ1v) is 7.45. The Balaban J connectivity index is 2.21. The van der Waals surface area contributed by atoms with Crippen LogP contribution in [-0.2, 0) is 14.4 Å². The molecule has 0 aliphatic carbocycles. The zero-order chi connectivity index (χ0) is 15.7. The topological polar surface area (TPSA) is 66.5 Å². The van der Waals surface area contributed by atoms with Crippen molar-refractivity contribution in [1.82, 2.24) is 10.2 Å². The first-order chi connectivity index (χ1) is 10.1. The summed E-state index contributed by atoms with van der Waals surface area (Å²) in [5.74, 6) is -0.590. The van der Waals surface area contributed by atoms with E-state index in [-0.39, 0.29) is 17.7 Å². The molecule has 1 heterocycles. The van der Waals surface area contributed by atoms with Crippen LogP contribution in [0.15, 0.2) is 25.3 Å². The van der Waals surface area contributed by atoms with Crippen LogP contribution in [0.25, 0.3) is 0 Å². The Kier molecular flexibility index (Phi) is 7.43. The summed E-state index contributed by atoms with van der Waals surface area (Å²) in [6.45, 7) is 7.50. The number of carbonyl (C=O) groups is 3. The summed E-state index contributed by atoms with van der Waals surface area (Å²) in [7, 11) is 0. The van der Waals surface area contributed by atoms with Gasteiger partial charge in [-0.15, -0.1) is 13.2 Å². The number of imide groups is 1. The molecule has 0 spiro atoms. The number of likely N-dealkylation sites (tertiary alicyclic amines) is 1. The molecule has 1 fully saturated rings. The first-order valence-electron chi connectivity index (χ1n) is 7.45. The lowest BCUT2D eigenvalue weighted by molar-refractivity contribution is -0.157. The summed E-state index contributed by atoms with van der Waals surface area (Å²) in [5.41, 5.74) is 0. The van der Waals surface area contributed by atoms with Crippen LogP contribution >= 0.6 is 0 Å². The highest BCUT2D eigenvalue weighted by atomic mass is 16.2. The van der Waals surface area contributed by atoms with Gasteiger partial charge in [-0.2, -0.15) is 0 Å². The van der Waals surface area contributed by atoms with Crippen LogP contribution in [0.5, 0.6) is 0 Å². The van der Waals surface area contributed by atoms with Gasteiger partial charge in [0.15, 0.2) is 0 Å². The van der Waals surface area contributed by atoms with Crippen LogP contribution in [-0.4, -0.2) is 35.2 Å². The number of nitrogens with one attached hydrogen (secondary N) is 1. The Morgan fingerprint density at radius 1 is 1.14 bits per heavy atom. The summed E-state index contributed by atoms with van der Waals surface area (Å²) >= 11 is 0. The Bertz CT molecular complexity index is 418. The van der Waals surface area contributed by atoms with Gasteiger partial charge in [-0.1, -0.05) is 12.2 Å². The maximum Gasteiger partial charge on any atom is 0.253 e. The number of unbranched alkanes of at least 4 members (excludes halogenated alkanes) is 3. The van der Waals surface area contributed by atoms with Gasteiger partial charge in [0.25, 0.3) is 5.91 Å². The van der Waals surface area contributed by atoms with Crippen molar-refractivity contribution >= 4 is 17.7 Å². The molecule has 0 aromatic rings. The lowest BCUT2D eigenvalue weighted by atomic mass is 10.1. The van der Waals surface area contributed by atoms with E-state index in [9.17, 15) is 14.4 Å². The summed E-state index contributed by atoms with van der Waals surface area (Å²) in [6, 6.07) is -0.528. The van der Waals surface area contributed by atoms with Crippen LogP contribution in [0, 0.1) is 0 Å². The fourth-order valence-corrected chi connectivity index (χ4v) is 2.13. The molecule has 21 heavy (non-hydrogen) atoms. The molecule has 0 saturated carbocycles. The van der Waals surface area contributed by atoms with Gasteiger partial charge in [0.05, 0.1) is 6.54 Å². The Morgan fingerprint density at radius 2 is 1.81 bits per heavy atom. The second-order valence-corrected chi connectivity index (χ2v) is 5.18. The molecule has 1 N–H and O–H groups in total. The number of rotatable bonds is 10. The van der Waals surface area contributed by atoms with E-state index in [1.54, 1.807) is 6.08 Å². The largest absolute Gasteiger partial charge is 0.343 e. The molecule has 5 heteroatoms. The minimum absolute atomic E-state index is 0.129. The Labute approximate surface area is 126 Å². The third-order valence-electron chi connectivity index (χ3n) is 3.43. The van der Waals surface area contributed by atoms with Gasteiger partial charge in [0, 0.05) is 12.8 Å². The van der Waals surface area contributed by atoms with Crippen LogP contribution in [0.1, 0.15) is 44.9 Å². The number of allylic oxidation sites excluding steroid dienone is 2. The van der Waals surface area contributed by atoms with Crippen LogP contribution in [0.4, 0.5) is 0 Å². The molecule has 1 aliphatic rings. The predicted octanol–water partition coefficient (Wildman–Crippen LogP) is 1.94. The first kappa shape index (κ1) is 17.1. The van der Waals surface area contributed by atoms with E-state index >= 15 is 0 Å². The van der Waals surface area contributed by atoms with Gasteiger partial charge in [-0.05, 0) is 32.1 Å². The Hall–Kier alpha value is -1.91. The quantitative estimate of drug-likeness (QED) is 0.380. The van der Waals surface area contributed by atoms with Crippen molar-refractivity contribution < 1.29 is 14.4 Å². The fourth-order valence-electron chi connectivity index (χ4n) is 2.13. The predicted molar refractivity (Wildman–Crippen MR) is 81.4 cm³/mol. The summed E-state index contributed by atoms with van der Waals surface area (Å²) in [4.78, 5) is 36.4. The van der Waals surface area contributed by atoms with E-state index in [2.05, 4.69) is 18.5 Å². The average molecular weight is 292 g/mol. The second-order valence-electron chi connectivity index (χ2n) is 5.18. The van der Waals surface area contributed by atoms with Gasteiger partial charge < -0.3 is 5.32 Å². The minimum atomic E-state index is -0.528. The molecule has 3 amide bonds. The van der Waals surface area contributed by atoms with E-state index in [1.165, 1.54) is 4.90 Å². The van der Waals surface area contributed by atoms with Crippen molar-refractivity contribution in [3.63, 3.8) is 0 Å². The summed E-state index contributed by atoms with van der Waals surface area (Å²) in [5, 5.41) is 2.67. The maximum atomic E-state index is 11.8. The standard InChI is InChI=1S/C16H24N2O3/c1-3-5-7-9-10-14(19)17-13-12-18(16(13)21)15(20)11-8-6-4-2/h3-4,13H,1-2,5-12H2,(H,17,19)/t13-/m0/s1. The molecule has 116 valence electrons. The molecule has 0 radical (unpaired) electrons. The van der Waals surface area contributed by atoms with E-state index in [1.807, 2.05) is 6.08 Å². The van der Waals surface area contributed by atoms with Gasteiger partial charge in [0.2, 0.25) is 11.8 Å². The monoisotopic (exact) mass is 292 g/mol. The van der Waals surface area contributed by atoms with Crippen molar-refractivity contribution in [2.75, 3.05) is 6.54 Å². The highest BCUT2D eigenvalue weighted by Gasteiger charge is 2.40. The SMILES string of the molecule is C=CCCCCC(=O)N[C@H]1CN(C(=O)CCCC=C)C1=O. The average Bonchev–Trinajstić information content (AvgIpc) is 2.47. The van der Waals surface area contributed by atoms with Crippen molar-refractivity contribution in [2.45, 2.75) is 51.0 Å². The summed E-state index contributed by atoms with van der Waals surface area (Å²) < 4.78 is 0. The normalized spacial score (nSPS) is 17.0. The molecule has 0 aromatic heterocycles. The maximum absolute atomic E-state index is 11.8. The lowest BCUT2D eigenvalue weighted by Crippen LogP contribution is -2.65.